The minimum Gasteiger partial charge on any atom is -0.453 e. The van der Waals surface area contributed by atoms with Gasteiger partial charge in [0, 0.05) is 6.54 Å². The predicted octanol–water partition coefficient (Wildman–Crippen LogP) is 2.56. The second kappa shape index (κ2) is 4.87. The van der Waals surface area contributed by atoms with Crippen molar-refractivity contribution in [3.63, 3.8) is 0 Å². The van der Waals surface area contributed by atoms with Gasteiger partial charge >= 0.3 is 12.3 Å². The van der Waals surface area contributed by atoms with Crippen molar-refractivity contribution >= 4 is 6.09 Å². The van der Waals surface area contributed by atoms with Crippen molar-refractivity contribution in [3.8, 4) is 0 Å². The molecule has 16 heavy (non-hydrogen) atoms. The van der Waals surface area contributed by atoms with Gasteiger partial charge in [-0.15, -0.1) is 0 Å². The predicted molar refractivity (Wildman–Crippen MR) is 50.7 cm³/mol. The fourth-order valence-corrected chi connectivity index (χ4v) is 1.10. The van der Waals surface area contributed by atoms with E-state index in [2.05, 4.69) is 10.1 Å². The molecule has 0 saturated carbocycles. The molecule has 0 aromatic heterocycles. The van der Waals surface area contributed by atoms with Gasteiger partial charge in [-0.3, -0.25) is 0 Å². The van der Waals surface area contributed by atoms with Gasteiger partial charge in [0.05, 0.1) is 12.7 Å². The standard InChI is InChI=1S/C10H10F3NO2/c1-16-9(15)14-6-7-3-2-4-8(5-7)10(11,12)13/h2-5H,6H2,1H3,(H,14,15). The average molecular weight is 233 g/mol. The van der Waals surface area contributed by atoms with Crippen molar-refractivity contribution in [2.75, 3.05) is 7.11 Å². The molecule has 0 radical (unpaired) electrons. The largest absolute Gasteiger partial charge is 0.453 e. The van der Waals surface area contributed by atoms with Gasteiger partial charge in [0.2, 0.25) is 0 Å². The number of benzene rings is 1. The summed E-state index contributed by atoms with van der Waals surface area (Å²) < 4.78 is 41.3. The van der Waals surface area contributed by atoms with Crippen LogP contribution < -0.4 is 5.32 Å². The molecule has 0 saturated heterocycles. The number of nitrogens with one attached hydrogen (secondary N) is 1. The van der Waals surface area contributed by atoms with Crippen LogP contribution in [0.3, 0.4) is 0 Å². The van der Waals surface area contributed by atoms with Crippen LogP contribution in [0.5, 0.6) is 0 Å². The SMILES string of the molecule is COC(=O)NCc1cccc(C(F)(F)F)c1. The Hall–Kier alpha value is -1.72. The van der Waals surface area contributed by atoms with Crippen LogP contribution in [0.4, 0.5) is 18.0 Å². The zero-order valence-electron chi connectivity index (χ0n) is 8.47. The Morgan fingerprint density at radius 2 is 2.12 bits per heavy atom. The minimum atomic E-state index is -4.37. The molecule has 0 fully saturated rings. The Kier molecular flexibility index (Phi) is 3.76. The van der Waals surface area contributed by atoms with E-state index in [-0.39, 0.29) is 6.54 Å². The summed E-state index contributed by atoms with van der Waals surface area (Å²) in [7, 11) is 1.18. The van der Waals surface area contributed by atoms with Crippen molar-refractivity contribution in [1.82, 2.24) is 5.32 Å². The normalized spacial score (nSPS) is 11.0. The summed E-state index contributed by atoms with van der Waals surface area (Å²) in [6.45, 7) is -0.00338. The third kappa shape index (κ3) is 3.45. The molecule has 0 aliphatic carbocycles. The minimum absolute atomic E-state index is 0.00338. The molecule has 88 valence electrons. The molecule has 1 aromatic rings. The zero-order chi connectivity index (χ0) is 12.2. The second-order valence-corrected chi connectivity index (χ2v) is 3.04. The molecule has 1 amide bonds. The number of halogens is 3. The maximum atomic E-state index is 12.3. The lowest BCUT2D eigenvalue weighted by molar-refractivity contribution is -0.137. The molecule has 0 spiro atoms. The van der Waals surface area contributed by atoms with Crippen LogP contribution >= 0.6 is 0 Å². The first kappa shape index (κ1) is 12.4. The van der Waals surface area contributed by atoms with Crippen molar-refractivity contribution in [2.45, 2.75) is 12.7 Å². The lowest BCUT2D eigenvalue weighted by Crippen LogP contribution is -2.22. The Morgan fingerprint density at radius 1 is 1.44 bits per heavy atom. The highest BCUT2D eigenvalue weighted by Crippen LogP contribution is 2.29. The van der Waals surface area contributed by atoms with Crippen LogP contribution in [0.1, 0.15) is 11.1 Å². The Balaban J connectivity index is 2.72. The van der Waals surface area contributed by atoms with Gasteiger partial charge in [-0.1, -0.05) is 12.1 Å². The van der Waals surface area contributed by atoms with E-state index >= 15 is 0 Å². The summed E-state index contributed by atoms with van der Waals surface area (Å²) in [5, 5.41) is 2.30. The van der Waals surface area contributed by atoms with Crippen LogP contribution in [0.2, 0.25) is 0 Å². The first-order valence-corrected chi connectivity index (χ1v) is 4.41. The first-order chi connectivity index (χ1) is 7.43. The van der Waals surface area contributed by atoms with Crippen molar-refractivity contribution in [1.29, 1.82) is 0 Å². The van der Waals surface area contributed by atoms with E-state index in [0.29, 0.717) is 5.56 Å². The van der Waals surface area contributed by atoms with E-state index in [1.54, 1.807) is 0 Å². The van der Waals surface area contributed by atoms with E-state index in [1.807, 2.05) is 0 Å². The number of carbonyl (C=O) groups excluding carboxylic acids is 1. The Morgan fingerprint density at radius 3 is 2.69 bits per heavy atom. The molecule has 1 N–H and O–H groups in total. The number of amides is 1. The number of alkyl halides is 3. The maximum Gasteiger partial charge on any atom is 0.416 e. The molecule has 0 atom stereocenters. The highest BCUT2D eigenvalue weighted by Gasteiger charge is 2.30. The number of methoxy groups -OCH3 is 1. The fraction of sp³-hybridized carbons (Fsp3) is 0.300. The van der Waals surface area contributed by atoms with Crippen LogP contribution in [0.25, 0.3) is 0 Å². The van der Waals surface area contributed by atoms with E-state index in [0.717, 1.165) is 12.1 Å². The number of hydrogen-bond acceptors (Lipinski definition) is 2. The number of rotatable bonds is 2. The monoisotopic (exact) mass is 233 g/mol. The first-order valence-electron chi connectivity index (χ1n) is 4.41. The maximum absolute atomic E-state index is 12.3. The molecule has 0 aliphatic heterocycles. The van der Waals surface area contributed by atoms with Gasteiger partial charge in [0.15, 0.2) is 0 Å². The highest BCUT2D eigenvalue weighted by atomic mass is 19.4. The van der Waals surface area contributed by atoms with Crippen LogP contribution in [-0.4, -0.2) is 13.2 Å². The van der Waals surface area contributed by atoms with Gasteiger partial charge in [-0.05, 0) is 17.7 Å². The summed E-state index contributed by atoms with van der Waals surface area (Å²) in [6, 6.07) is 4.74. The van der Waals surface area contributed by atoms with E-state index < -0.39 is 17.8 Å². The summed E-state index contributed by atoms with van der Waals surface area (Å²) >= 11 is 0. The van der Waals surface area contributed by atoms with E-state index in [9.17, 15) is 18.0 Å². The topological polar surface area (TPSA) is 38.3 Å². The molecule has 3 nitrogen and oxygen atoms in total. The number of hydrogen-bond donors (Lipinski definition) is 1. The molecule has 0 bridgehead atoms. The molecule has 1 rings (SSSR count). The van der Waals surface area contributed by atoms with Gasteiger partial charge in [-0.2, -0.15) is 13.2 Å². The number of carbonyl (C=O) groups is 1. The van der Waals surface area contributed by atoms with Crippen molar-refractivity contribution in [3.05, 3.63) is 35.4 Å². The average Bonchev–Trinajstić information content (AvgIpc) is 2.25. The number of alkyl carbamates (subject to hydrolysis) is 1. The van der Waals surface area contributed by atoms with E-state index in [4.69, 9.17) is 0 Å². The van der Waals surface area contributed by atoms with Gasteiger partial charge in [-0.25, -0.2) is 4.79 Å². The van der Waals surface area contributed by atoms with Gasteiger partial charge < -0.3 is 10.1 Å². The Labute approximate surface area is 90.2 Å². The molecule has 6 heteroatoms. The fourth-order valence-electron chi connectivity index (χ4n) is 1.10. The van der Waals surface area contributed by atoms with Crippen molar-refractivity contribution in [2.24, 2.45) is 0 Å². The molecular weight excluding hydrogens is 223 g/mol. The zero-order valence-corrected chi connectivity index (χ0v) is 8.47. The van der Waals surface area contributed by atoms with Gasteiger partial charge in [0.25, 0.3) is 0 Å². The van der Waals surface area contributed by atoms with Crippen LogP contribution in [0.15, 0.2) is 24.3 Å². The summed E-state index contributed by atoms with van der Waals surface area (Å²) in [6.07, 6.45) is -5.06. The third-order valence-electron chi connectivity index (χ3n) is 1.88. The third-order valence-corrected chi connectivity index (χ3v) is 1.88. The molecule has 1 aromatic carbocycles. The van der Waals surface area contributed by atoms with Gasteiger partial charge in [0.1, 0.15) is 0 Å². The second-order valence-electron chi connectivity index (χ2n) is 3.04. The molecule has 0 heterocycles. The molecular formula is C10H10F3NO2. The summed E-state index contributed by atoms with van der Waals surface area (Å²) in [5.41, 5.74) is -0.378. The van der Waals surface area contributed by atoms with Crippen LogP contribution in [-0.2, 0) is 17.5 Å². The lowest BCUT2D eigenvalue weighted by atomic mass is 10.1. The molecule has 0 unspecified atom stereocenters. The van der Waals surface area contributed by atoms with Crippen LogP contribution in [0, 0.1) is 0 Å². The highest BCUT2D eigenvalue weighted by molar-refractivity contribution is 5.66. The summed E-state index contributed by atoms with van der Waals surface area (Å²) in [5.74, 6) is 0. The quantitative estimate of drug-likeness (QED) is 0.852. The Bertz CT molecular complexity index is 377. The molecule has 0 aliphatic rings. The van der Waals surface area contributed by atoms with E-state index in [1.165, 1.54) is 19.2 Å². The number of ether oxygens (including phenoxy) is 1. The van der Waals surface area contributed by atoms with Crippen molar-refractivity contribution < 1.29 is 22.7 Å². The lowest BCUT2D eigenvalue weighted by Gasteiger charge is -2.09. The summed E-state index contributed by atoms with van der Waals surface area (Å²) in [4.78, 5) is 10.7. The smallest absolute Gasteiger partial charge is 0.416 e.